The van der Waals surface area contributed by atoms with Crippen molar-refractivity contribution in [2.45, 2.75) is 0 Å². The van der Waals surface area contributed by atoms with Gasteiger partial charge in [0.05, 0.1) is 22.7 Å². The second-order valence-corrected chi connectivity index (χ2v) is 6.89. The first-order chi connectivity index (χ1) is 14.5. The van der Waals surface area contributed by atoms with E-state index in [1.165, 1.54) is 48.5 Å². The van der Waals surface area contributed by atoms with E-state index in [4.69, 9.17) is 0 Å². The summed E-state index contributed by atoms with van der Waals surface area (Å²) in [7, 11) is 0. The first-order valence-corrected chi connectivity index (χ1v) is 9.22. The molecule has 6 heteroatoms. The van der Waals surface area contributed by atoms with Gasteiger partial charge >= 0.3 is 0 Å². The lowest BCUT2D eigenvalue weighted by atomic mass is 10.0. The molecular weight excluding hydrogens is 392 g/mol. The Hall–Kier alpha value is -3.80. The fourth-order valence-corrected chi connectivity index (χ4v) is 3.73. The fourth-order valence-electron chi connectivity index (χ4n) is 3.73. The highest BCUT2D eigenvalue weighted by Crippen LogP contribution is 2.54. The van der Waals surface area contributed by atoms with Gasteiger partial charge in [-0.1, -0.05) is 0 Å². The maximum Gasteiger partial charge on any atom is 0.125 e. The van der Waals surface area contributed by atoms with Gasteiger partial charge in [0.25, 0.3) is 0 Å². The van der Waals surface area contributed by atoms with Crippen LogP contribution in [0.1, 0.15) is 0 Å². The predicted octanol–water partition coefficient (Wildman–Crippen LogP) is 7.50. The summed E-state index contributed by atoms with van der Waals surface area (Å²) < 4.78 is 55.5. The second kappa shape index (κ2) is 6.91. The molecule has 0 amide bonds. The maximum atomic E-state index is 14.3. The third-order valence-electron chi connectivity index (χ3n) is 5.01. The van der Waals surface area contributed by atoms with Gasteiger partial charge in [-0.3, -0.25) is 0 Å². The SMILES string of the molecule is Fc1ccc(N2c3ccc(F)cc3N(c3ccc(F)cc3)c3ccc(F)cc32)cc1. The van der Waals surface area contributed by atoms with Crippen molar-refractivity contribution in [1.29, 1.82) is 0 Å². The summed E-state index contributed by atoms with van der Waals surface area (Å²) >= 11 is 0. The predicted molar refractivity (Wildman–Crippen MR) is 109 cm³/mol. The molecule has 148 valence electrons. The lowest BCUT2D eigenvalue weighted by Crippen LogP contribution is -2.24. The van der Waals surface area contributed by atoms with E-state index in [1.54, 1.807) is 46.2 Å². The first kappa shape index (κ1) is 18.2. The molecule has 30 heavy (non-hydrogen) atoms. The van der Waals surface area contributed by atoms with E-state index >= 15 is 0 Å². The normalized spacial score (nSPS) is 12.5. The minimum Gasteiger partial charge on any atom is -0.306 e. The van der Waals surface area contributed by atoms with Crippen molar-refractivity contribution in [2.75, 3.05) is 9.80 Å². The molecule has 0 unspecified atom stereocenters. The third-order valence-corrected chi connectivity index (χ3v) is 5.01. The van der Waals surface area contributed by atoms with Crippen LogP contribution in [0.15, 0.2) is 84.9 Å². The summed E-state index contributed by atoms with van der Waals surface area (Å²) in [6.07, 6.45) is 0. The van der Waals surface area contributed by atoms with Crippen LogP contribution in [0.5, 0.6) is 0 Å². The highest BCUT2D eigenvalue weighted by molar-refractivity contribution is 6.01. The molecule has 0 aliphatic carbocycles. The van der Waals surface area contributed by atoms with E-state index in [0.29, 0.717) is 34.1 Å². The Balaban J connectivity index is 1.81. The first-order valence-electron chi connectivity index (χ1n) is 9.22. The Morgan fingerprint density at radius 3 is 1.07 bits per heavy atom. The highest BCUT2D eigenvalue weighted by Gasteiger charge is 2.31. The van der Waals surface area contributed by atoms with E-state index in [1.807, 2.05) is 0 Å². The summed E-state index contributed by atoms with van der Waals surface area (Å²) in [5, 5.41) is 0. The van der Waals surface area contributed by atoms with Crippen LogP contribution in [0.25, 0.3) is 0 Å². The molecule has 0 fully saturated rings. The fraction of sp³-hybridized carbons (Fsp3) is 0. The summed E-state index contributed by atoms with van der Waals surface area (Å²) in [6.45, 7) is 0. The summed E-state index contributed by atoms with van der Waals surface area (Å²) in [4.78, 5) is 3.49. The smallest absolute Gasteiger partial charge is 0.125 e. The number of nitrogens with zero attached hydrogens (tertiary/aromatic N) is 2. The molecule has 1 aliphatic rings. The van der Waals surface area contributed by atoms with Crippen LogP contribution in [0.3, 0.4) is 0 Å². The van der Waals surface area contributed by atoms with Crippen LogP contribution in [0, 0.1) is 23.3 Å². The van der Waals surface area contributed by atoms with Crippen molar-refractivity contribution in [3.8, 4) is 0 Å². The van der Waals surface area contributed by atoms with Crippen molar-refractivity contribution in [3.63, 3.8) is 0 Å². The van der Waals surface area contributed by atoms with Gasteiger partial charge in [0.1, 0.15) is 23.3 Å². The van der Waals surface area contributed by atoms with Gasteiger partial charge in [-0.05, 0) is 72.8 Å². The summed E-state index contributed by atoms with van der Waals surface area (Å²) in [6, 6.07) is 20.0. The van der Waals surface area contributed by atoms with Crippen molar-refractivity contribution < 1.29 is 17.6 Å². The summed E-state index contributed by atoms with van der Waals surface area (Å²) in [5.74, 6) is -1.71. The molecule has 0 N–H and O–H groups in total. The van der Waals surface area contributed by atoms with Crippen molar-refractivity contribution in [2.24, 2.45) is 0 Å². The van der Waals surface area contributed by atoms with E-state index in [-0.39, 0.29) is 0 Å². The highest BCUT2D eigenvalue weighted by atomic mass is 19.1. The largest absolute Gasteiger partial charge is 0.306 e. The maximum absolute atomic E-state index is 14.3. The van der Waals surface area contributed by atoms with Crippen LogP contribution >= 0.6 is 0 Å². The van der Waals surface area contributed by atoms with Crippen LogP contribution < -0.4 is 9.80 Å². The Morgan fingerprint density at radius 2 is 0.700 bits per heavy atom. The van der Waals surface area contributed by atoms with Gasteiger partial charge in [-0.15, -0.1) is 0 Å². The lowest BCUT2D eigenvalue weighted by molar-refractivity contribution is 0.625. The topological polar surface area (TPSA) is 6.48 Å². The molecule has 0 atom stereocenters. The van der Waals surface area contributed by atoms with E-state index < -0.39 is 23.3 Å². The Bertz CT molecular complexity index is 1140. The molecule has 0 saturated heterocycles. The lowest BCUT2D eigenvalue weighted by Gasteiger charge is -2.40. The zero-order valence-corrected chi connectivity index (χ0v) is 15.5. The molecule has 0 saturated carbocycles. The van der Waals surface area contributed by atoms with Crippen LogP contribution in [0.4, 0.5) is 51.7 Å². The number of halogens is 4. The van der Waals surface area contributed by atoms with Crippen LogP contribution in [-0.2, 0) is 0 Å². The van der Waals surface area contributed by atoms with Crippen LogP contribution in [-0.4, -0.2) is 0 Å². The molecule has 0 bridgehead atoms. The Labute approximate surface area is 170 Å². The Morgan fingerprint density at radius 1 is 0.367 bits per heavy atom. The number of hydrogen-bond donors (Lipinski definition) is 0. The van der Waals surface area contributed by atoms with E-state index in [9.17, 15) is 17.6 Å². The van der Waals surface area contributed by atoms with Crippen molar-refractivity contribution >= 4 is 34.1 Å². The number of hydrogen-bond acceptors (Lipinski definition) is 2. The van der Waals surface area contributed by atoms with Gasteiger partial charge in [-0.25, -0.2) is 17.6 Å². The molecule has 4 aromatic rings. The molecule has 2 nitrogen and oxygen atoms in total. The van der Waals surface area contributed by atoms with E-state index in [0.717, 1.165) is 0 Å². The third kappa shape index (κ3) is 2.97. The number of fused-ring (bicyclic) bond motifs is 2. The minimum atomic E-state index is -0.453. The van der Waals surface area contributed by atoms with Gasteiger partial charge < -0.3 is 9.80 Å². The zero-order chi connectivity index (χ0) is 20.8. The van der Waals surface area contributed by atoms with Gasteiger partial charge in [0.15, 0.2) is 0 Å². The van der Waals surface area contributed by atoms with Crippen molar-refractivity contribution in [3.05, 3.63) is 108 Å². The van der Waals surface area contributed by atoms with Crippen molar-refractivity contribution in [1.82, 2.24) is 0 Å². The molecule has 1 heterocycles. The minimum absolute atomic E-state index is 0.400. The summed E-state index contributed by atoms with van der Waals surface area (Å²) in [5.41, 5.74) is 3.32. The van der Waals surface area contributed by atoms with E-state index in [2.05, 4.69) is 0 Å². The van der Waals surface area contributed by atoms with Crippen LogP contribution in [0.2, 0.25) is 0 Å². The molecule has 0 aromatic heterocycles. The molecule has 5 rings (SSSR count). The monoisotopic (exact) mass is 406 g/mol. The molecule has 0 spiro atoms. The number of rotatable bonds is 2. The number of benzene rings is 4. The Kier molecular flexibility index (Phi) is 4.20. The number of anilines is 6. The standard InChI is InChI=1S/C24H14F4N2/c25-15-1-7-19(8-2-15)29-21-11-5-18(28)14-24(21)30(20-9-3-16(26)4-10-20)22-12-6-17(27)13-23(22)29/h1-14H. The zero-order valence-electron chi connectivity index (χ0n) is 15.5. The van der Waals surface area contributed by atoms with Gasteiger partial charge in [0, 0.05) is 23.5 Å². The average Bonchev–Trinajstić information content (AvgIpc) is 2.74. The van der Waals surface area contributed by atoms with Gasteiger partial charge in [0.2, 0.25) is 0 Å². The average molecular weight is 406 g/mol. The molecule has 1 aliphatic heterocycles. The molecular formula is C24H14F4N2. The van der Waals surface area contributed by atoms with Gasteiger partial charge in [-0.2, -0.15) is 0 Å². The second-order valence-electron chi connectivity index (χ2n) is 6.89. The molecule has 4 aromatic carbocycles. The molecule has 0 radical (unpaired) electrons. The quantitative estimate of drug-likeness (QED) is 0.280.